The fourth-order valence-corrected chi connectivity index (χ4v) is 4.32. The molecule has 23 heavy (non-hydrogen) atoms. The van der Waals surface area contributed by atoms with E-state index in [9.17, 15) is 10.1 Å². The summed E-state index contributed by atoms with van der Waals surface area (Å²) in [5.74, 6) is 0.00571. The number of hydrogen-bond donors (Lipinski definition) is 0. The van der Waals surface area contributed by atoms with Crippen molar-refractivity contribution >= 4 is 0 Å². The van der Waals surface area contributed by atoms with Gasteiger partial charge in [-0.3, -0.25) is 15.0 Å². The first-order valence-electron chi connectivity index (χ1n) is 8.18. The van der Waals surface area contributed by atoms with Gasteiger partial charge in [-0.25, -0.2) is 0 Å². The molecule has 4 nitrogen and oxygen atoms in total. The summed E-state index contributed by atoms with van der Waals surface area (Å²) in [5, 5.41) is 11.9. The van der Waals surface area contributed by atoms with E-state index in [0.29, 0.717) is 13.0 Å². The van der Waals surface area contributed by atoms with Gasteiger partial charge in [-0.15, -0.1) is 0 Å². The maximum Gasteiger partial charge on any atom is 0.242 e. The van der Waals surface area contributed by atoms with E-state index in [-0.39, 0.29) is 10.8 Å². The lowest BCUT2D eigenvalue weighted by Gasteiger charge is -2.32. The Morgan fingerprint density at radius 1 is 1.13 bits per heavy atom. The molecule has 118 valence electrons. The summed E-state index contributed by atoms with van der Waals surface area (Å²) < 4.78 is 0. The van der Waals surface area contributed by atoms with Crippen LogP contribution in [0.3, 0.4) is 0 Å². The Hall–Kier alpha value is -2.20. The largest absolute Gasteiger partial charge is 0.291 e. The van der Waals surface area contributed by atoms with Gasteiger partial charge in [0, 0.05) is 24.4 Å². The highest BCUT2D eigenvalue weighted by Gasteiger charge is 2.58. The van der Waals surface area contributed by atoms with Gasteiger partial charge in [-0.2, -0.15) is 0 Å². The van der Waals surface area contributed by atoms with Crippen molar-refractivity contribution in [1.29, 1.82) is 0 Å². The quantitative estimate of drug-likeness (QED) is 0.646. The molecule has 2 aromatic rings. The van der Waals surface area contributed by atoms with Crippen molar-refractivity contribution in [3.05, 3.63) is 81.4 Å². The highest BCUT2D eigenvalue weighted by molar-refractivity contribution is 5.38. The van der Waals surface area contributed by atoms with Gasteiger partial charge in [0.25, 0.3) is 0 Å². The van der Waals surface area contributed by atoms with Crippen molar-refractivity contribution in [2.75, 3.05) is 13.1 Å². The highest BCUT2D eigenvalue weighted by atomic mass is 16.6. The Kier molecular flexibility index (Phi) is 3.42. The second kappa shape index (κ2) is 5.46. The molecule has 2 aromatic carbocycles. The van der Waals surface area contributed by atoms with E-state index in [1.807, 2.05) is 30.3 Å². The van der Waals surface area contributed by atoms with Crippen molar-refractivity contribution in [2.45, 2.75) is 30.8 Å². The number of nitrogens with zero attached hydrogens (tertiary/aromatic N) is 2. The van der Waals surface area contributed by atoms with Crippen LogP contribution in [0.15, 0.2) is 54.6 Å². The molecule has 4 heteroatoms. The Bertz CT molecular complexity index is 731. The van der Waals surface area contributed by atoms with E-state index in [0.717, 1.165) is 19.5 Å². The van der Waals surface area contributed by atoms with Gasteiger partial charge in [-0.05, 0) is 23.1 Å². The van der Waals surface area contributed by atoms with Crippen LogP contribution in [0, 0.1) is 10.1 Å². The zero-order chi connectivity index (χ0) is 15.9. The fourth-order valence-electron chi connectivity index (χ4n) is 4.32. The molecule has 2 atom stereocenters. The second-order valence-electron chi connectivity index (χ2n) is 6.77. The van der Waals surface area contributed by atoms with E-state index in [1.165, 1.54) is 16.7 Å². The first kappa shape index (κ1) is 14.4. The van der Waals surface area contributed by atoms with Crippen molar-refractivity contribution < 1.29 is 4.92 Å². The van der Waals surface area contributed by atoms with E-state index in [1.54, 1.807) is 0 Å². The maximum absolute atomic E-state index is 11.9. The third kappa shape index (κ3) is 2.34. The number of hydrogen-bond acceptors (Lipinski definition) is 3. The molecule has 0 aromatic heterocycles. The van der Waals surface area contributed by atoms with Crippen LogP contribution in [-0.2, 0) is 13.0 Å². The molecule has 0 spiro atoms. The number of benzene rings is 2. The molecule has 0 amide bonds. The van der Waals surface area contributed by atoms with Crippen molar-refractivity contribution in [1.82, 2.24) is 4.90 Å². The first-order valence-corrected chi connectivity index (χ1v) is 8.18. The summed E-state index contributed by atoms with van der Waals surface area (Å²) in [6.45, 7) is 2.11. The standard InChI is InChI=1S/C19H20N2O2/c22-21(23)19-11-10-16-8-4-5-9-17(16)18(19)13-20(14-19)12-15-6-2-1-3-7-15/h1-9,18H,10-14H2. The topological polar surface area (TPSA) is 46.4 Å². The Balaban J connectivity index is 1.66. The molecule has 1 heterocycles. The van der Waals surface area contributed by atoms with Crippen LogP contribution in [0.4, 0.5) is 0 Å². The number of fused-ring (bicyclic) bond motifs is 3. The molecule has 1 fully saturated rings. The lowest BCUT2D eigenvalue weighted by molar-refractivity contribution is -0.571. The molecule has 1 aliphatic carbocycles. The zero-order valence-electron chi connectivity index (χ0n) is 13.0. The Labute approximate surface area is 135 Å². The van der Waals surface area contributed by atoms with Gasteiger partial charge < -0.3 is 0 Å². The number of likely N-dealkylation sites (tertiary alicyclic amines) is 1. The molecular weight excluding hydrogens is 288 g/mol. The Morgan fingerprint density at radius 2 is 1.87 bits per heavy atom. The van der Waals surface area contributed by atoms with Crippen LogP contribution < -0.4 is 0 Å². The lowest BCUT2D eigenvalue weighted by Crippen LogP contribution is -2.47. The van der Waals surface area contributed by atoms with Gasteiger partial charge in [-0.1, -0.05) is 54.6 Å². The first-order chi connectivity index (χ1) is 11.2. The average molecular weight is 308 g/mol. The maximum atomic E-state index is 11.9. The predicted octanol–water partition coefficient (Wildman–Crippen LogP) is 3.25. The van der Waals surface area contributed by atoms with Gasteiger partial charge >= 0.3 is 0 Å². The predicted molar refractivity (Wildman–Crippen MR) is 88.9 cm³/mol. The van der Waals surface area contributed by atoms with Crippen molar-refractivity contribution in [3.63, 3.8) is 0 Å². The van der Waals surface area contributed by atoms with Gasteiger partial charge in [0.15, 0.2) is 0 Å². The van der Waals surface area contributed by atoms with Crippen molar-refractivity contribution in [3.8, 4) is 0 Å². The van der Waals surface area contributed by atoms with Crippen molar-refractivity contribution in [2.24, 2.45) is 0 Å². The summed E-state index contributed by atoms with van der Waals surface area (Å²) in [5.41, 5.74) is 2.88. The molecule has 2 aliphatic rings. The van der Waals surface area contributed by atoms with Crippen LogP contribution in [0.1, 0.15) is 29.0 Å². The molecule has 0 bridgehead atoms. The fraction of sp³-hybridized carbons (Fsp3) is 0.368. The minimum Gasteiger partial charge on any atom is -0.291 e. The van der Waals surface area contributed by atoms with E-state index < -0.39 is 5.54 Å². The second-order valence-corrected chi connectivity index (χ2v) is 6.77. The molecule has 4 rings (SSSR count). The third-order valence-electron chi connectivity index (χ3n) is 5.46. The van der Waals surface area contributed by atoms with E-state index in [4.69, 9.17) is 0 Å². The third-order valence-corrected chi connectivity index (χ3v) is 5.46. The zero-order valence-corrected chi connectivity index (χ0v) is 13.0. The number of nitro groups is 1. The smallest absolute Gasteiger partial charge is 0.242 e. The lowest BCUT2D eigenvalue weighted by atomic mass is 9.72. The summed E-state index contributed by atoms with van der Waals surface area (Å²) >= 11 is 0. The van der Waals surface area contributed by atoms with Crippen LogP contribution in [0.2, 0.25) is 0 Å². The Morgan fingerprint density at radius 3 is 2.65 bits per heavy atom. The number of rotatable bonds is 3. The average Bonchev–Trinajstić information content (AvgIpc) is 2.96. The minimum absolute atomic E-state index is 0.00139. The van der Waals surface area contributed by atoms with E-state index in [2.05, 4.69) is 29.2 Å². The minimum atomic E-state index is -0.816. The van der Waals surface area contributed by atoms with Crippen LogP contribution >= 0.6 is 0 Å². The molecule has 0 radical (unpaired) electrons. The molecule has 0 N–H and O–H groups in total. The molecule has 1 saturated heterocycles. The normalized spacial score (nSPS) is 26.5. The SMILES string of the molecule is O=[N+]([O-])C12CCc3ccccc3C1CN(Cc1ccccc1)C2. The molecule has 1 aliphatic heterocycles. The molecule has 0 saturated carbocycles. The van der Waals surface area contributed by atoms with Crippen LogP contribution in [0.5, 0.6) is 0 Å². The van der Waals surface area contributed by atoms with Crippen LogP contribution in [0.25, 0.3) is 0 Å². The molecule has 2 unspecified atom stereocenters. The molecular formula is C19H20N2O2. The van der Waals surface area contributed by atoms with Gasteiger partial charge in [0.2, 0.25) is 5.54 Å². The highest BCUT2D eigenvalue weighted by Crippen LogP contribution is 2.46. The summed E-state index contributed by atoms with van der Waals surface area (Å²) in [6.07, 6.45) is 1.46. The van der Waals surface area contributed by atoms with Gasteiger partial charge in [0.05, 0.1) is 12.5 Å². The van der Waals surface area contributed by atoms with Crippen LogP contribution in [-0.4, -0.2) is 28.5 Å². The summed E-state index contributed by atoms with van der Waals surface area (Å²) in [7, 11) is 0. The number of aryl methyl sites for hydroxylation is 1. The van der Waals surface area contributed by atoms with E-state index >= 15 is 0 Å². The summed E-state index contributed by atoms with van der Waals surface area (Å²) in [4.78, 5) is 14.2. The monoisotopic (exact) mass is 308 g/mol. The summed E-state index contributed by atoms with van der Waals surface area (Å²) in [6, 6.07) is 18.5. The van der Waals surface area contributed by atoms with Gasteiger partial charge in [0.1, 0.15) is 0 Å².